The minimum atomic E-state index is -1.56. The maximum Gasteiger partial charge on any atom is 0.231 e. The van der Waals surface area contributed by atoms with E-state index in [9.17, 15) is 10.4 Å². The molecule has 0 radical (unpaired) electrons. The molecule has 0 spiro atoms. The van der Waals surface area contributed by atoms with E-state index in [2.05, 4.69) is 11.1 Å². The van der Waals surface area contributed by atoms with Crippen molar-refractivity contribution in [2.45, 2.75) is 17.9 Å². The van der Waals surface area contributed by atoms with Gasteiger partial charge in [0.05, 0.1) is 37.3 Å². The van der Waals surface area contributed by atoms with Crippen LogP contribution >= 0.6 is 0 Å². The largest absolute Gasteiger partial charge is 0.481 e. The molecule has 9 nitrogen and oxygen atoms in total. The Kier molecular flexibility index (Phi) is 7.24. The molecule has 0 bridgehead atoms. The lowest BCUT2D eigenvalue weighted by Crippen LogP contribution is -2.38. The van der Waals surface area contributed by atoms with E-state index in [0.717, 1.165) is 5.39 Å². The van der Waals surface area contributed by atoms with Crippen molar-refractivity contribution in [2.75, 3.05) is 41.7 Å². The first-order valence-corrected chi connectivity index (χ1v) is 12.5. The number of nitrogens with zero attached hydrogens (tertiary/aromatic N) is 4. The van der Waals surface area contributed by atoms with Gasteiger partial charge in [0.15, 0.2) is 11.5 Å². The molecule has 0 saturated heterocycles. The fourth-order valence-corrected chi connectivity index (χ4v) is 5.19. The van der Waals surface area contributed by atoms with Crippen LogP contribution in [-0.2, 0) is 5.60 Å². The predicted molar refractivity (Wildman–Crippen MR) is 145 cm³/mol. The molecule has 2 unspecified atom stereocenters. The summed E-state index contributed by atoms with van der Waals surface area (Å²) < 4.78 is 23.1. The minimum Gasteiger partial charge on any atom is -0.481 e. The van der Waals surface area contributed by atoms with E-state index < -0.39 is 11.5 Å². The lowest BCUT2D eigenvalue weighted by atomic mass is 9.71. The highest BCUT2D eigenvalue weighted by atomic mass is 16.7. The summed E-state index contributed by atoms with van der Waals surface area (Å²) in [6.45, 7) is 0.628. The molecule has 0 fully saturated rings. The standard InChI is InChI=1S/C30H30N4O5/c1-34(2)14-12-30(35,23-8-6-13-32-29(23)37-4)26(21-7-5-9-25-27(21)39-18-38-25)22-16-20-15-19(17-31)10-11-24(20)33-28(22)36-3/h5-11,13,15-16,26,35H,12,14,18H2,1-4H3. The summed E-state index contributed by atoms with van der Waals surface area (Å²) >= 11 is 0. The van der Waals surface area contributed by atoms with Gasteiger partial charge in [0.1, 0.15) is 5.60 Å². The molecule has 5 rings (SSSR count). The van der Waals surface area contributed by atoms with Crippen molar-refractivity contribution in [3.05, 3.63) is 83.0 Å². The number of ether oxygens (including phenoxy) is 4. The molecular formula is C30H30N4O5. The number of pyridine rings is 2. The quantitative estimate of drug-likeness (QED) is 0.343. The number of methoxy groups -OCH3 is 2. The third kappa shape index (κ3) is 4.80. The van der Waals surface area contributed by atoms with Gasteiger partial charge >= 0.3 is 0 Å². The number of fused-ring (bicyclic) bond motifs is 2. The van der Waals surface area contributed by atoms with Crippen LogP contribution in [-0.4, -0.2) is 61.6 Å². The van der Waals surface area contributed by atoms with Crippen LogP contribution in [0.2, 0.25) is 0 Å². The van der Waals surface area contributed by atoms with E-state index in [1.54, 1.807) is 37.6 Å². The van der Waals surface area contributed by atoms with Crippen LogP contribution in [0.1, 0.15) is 34.6 Å². The molecule has 9 heteroatoms. The summed E-state index contributed by atoms with van der Waals surface area (Å²) in [6, 6.07) is 18.6. The van der Waals surface area contributed by atoms with E-state index in [0.29, 0.717) is 64.0 Å². The van der Waals surface area contributed by atoms with E-state index in [4.69, 9.17) is 23.9 Å². The number of benzene rings is 2. The maximum atomic E-state index is 13.0. The zero-order valence-electron chi connectivity index (χ0n) is 22.3. The normalized spacial score (nSPS) is 14.6. The number of para-hydroxylation sites is 1. The highest BCUT2D eigenvalue weighted by Crippen LogP contribution is 2.53. The highest BCUT2D eigenvalue weighted by molar-refractivity contribution is 5.82. The molecular weight excluding hydrogens is 496 g/mol. The van der Waals surface area contributed by atoms with E-state index >= 15 is 0 Å². The van der Waals surface area contributed by atoms with Gasteiger partial charge in [-0.15, -0.1) is 0 Å². The number of hydrogen-bond acceptors (Lipinski definition) is 9. The molecule has 1 N–H and O–H groups in total. The van der Waals surface area contributed by atoms with Crippen LogP contribution in [0, 0.1) is 11.3 Å². The van der Waals surface area contributed by atoms with Gasteiger partial charge in [0.2, 0.25) is 18.6 Å². The Morgan fingerprint density at radius 2 is 1.87 bits per heavy atom. The summed E-state index contributed by atoms with van der Waals surface area (Å²) in [4.78, 5) is 11.2. The zero-order chi connectivity index (χ0) is 27.6. The molecule has 1 aliphatic heterocycles. The van der Waals surface area contributed by atoms with Gasteiger partial charge in [-0.25, -0.2) is 9.97 Å². The number of rotatable bonds is 9. The third-order valence-electron chi connectivity index (χ3n) is 7.03. The van der Waals surface area contributed by atoms with Crippen LogP contribution in [0.25, 0.3) is 10.9 Å². The fourth-order valence-electron chi connectivity index (χ4n) is 5.19. The van der Waals surface area contributed by atoms with Crippen LogP contribution in [0.3, 0.4) is 0 Å². The summed E-state index contributed by atoms with van der Waals surface area (Å²) in [6.07, 6.45) is 1.94. The Morgan fingerprint density at radius 3 is 2.62 bits per heavy atom. The average Bonchev–Trinajstić information content (AvgIpc) is 3.45. The van der Waals surface area contributed by atoms with Crippen molar-refractivity contribution in [1.29, 1.82) is 5.26 Å². The second-order valence-corrected chi connectivity index (χ2v) is 9.66. The Hall–Kier alpha value is -4.39. The van der Waals surface area contributed by atoms with Crippen molar-refractivity contribution in [3.8, 4) is 29.3 Å². The summed E-state index contributed by atoms with van der Waals surface area (Å²) in [7, 11) is 6.99. The maximum absolute atomic E-state index is 13.0. The van der Waals surface area contributed by atoms with Gasteiger partial charge in [-0.1, -0.05) is 12.1 Å². The van der Waals surface area contributed by atoms with Gasteiger partial charge in [0, 0.05) is 34.8 Å². The molecule has 0 saturated carbocycles. The molecule has 2 atom stereocenters. The Labute approximate surface area is 227 Å². The number of aliphatic hydroxyl groups is 1. The molecule has 1 aliphatic rings. The monoisotopic (exact) mass is 526 g/mol. The topological polar surface area (TPSA) is 110 Å². The van der Waals surface area contributed by atoms with Gasteiger partial charge in [-0.2, -0.15) is 5.26 Å². The fraction of sp³-hybridized carbons (Fsp3) is 0.300. The van der Waals surface area contributed by atoms with E-state index in [1.165, 1.54) is 7.11 Å². The van der Waals surface area contributed by atoms with Crippen molar-refractivity contribution in [3.63, 3.8) is 0 Å². The zero-order valence-corrected chi connectivity index (χ0v) is 22.3. The second kappa shape index (κ2) is 10.8. The Balaban J connectivity index is 1.86. The SMILES string of the molecule is COc1nc2ccc(C#N)cc2cc1C(c1cccc2c1OCO2)C(O)(CCN(C)C)c1cccnc1OC. The molecule has 2 aromatic heterocycles. The first-order valence-electron chi connectivity index (χ1n) is 12.5. The average molecular weight is 527 g/mol. The second-order valence-electron chi connectivity index (χ2n) is 9.66. The van der Waals surface area contributed by atoms with Crippen LogP contribution in [0.5, 0.6) is 23.3 Å². The Morgan fingerprint density at radius 1 is 1.05 bits per heavy atom. The summed E-state index contributed by atoms with van der Waals surface area (Å²) in [5.41, 5.74) is 1.46. The molecule has 0 aliphatic carbocycles. The van der Waals surface area contributed by atoms with Crippen molar-refractivity contribution >= 4 is 10.9 Å². The number of aromatic nitrogens is 2. The first kappa shape index (κ1) is 26.2. The van der Waals surface area contributed by atoms with Crippen LogP contribution < -0.4 is 18.9 Å². The lowest BCUT2D eigenvalue weighted by molar-refractivity contribution is 0.000624. The summed E-state index contributed by atoms with van der Waals surface area (Å²) in [5, 5.41) is 23.2. The molecule has 2 aromatic carbocycles. The molecule has 0 amide bonds. The first-order chi connectivity index (χ1) is 18.9. The van der Waals surface area contributed by atoms with Gasteiger partial charge in [-0.05, 0) is 63.0 Å². The smallest absolute Gasteiger partial charge is 0.231 e. The lowest BCUT2D eigenvalue weighted by Gasteiger charge is -2.39. The molecule has 3 heterocycles. The van der Waals surface area contributed by atoms with E-state index in [1.807, 2.05) is 49.3 Å². The molecule has 200 valence electrons. The number of hydrogen-bond donors (Lipinski definition) is 1. The van der Waals surface area contributed by atoms with Gasteiger partial charge < -0.3 is 29.0 Å². The predicted octanol–water partition coefficient (Wildman–Crippen LogP) is 4.22. The van der Waals surface area contributed by atoms with E-state index in [-0.39, 0.29) is 6.79 Å². The minimum absolute atomic E-state index is 0.0735. The third-order valence-corrected chi connectivity index (χ3v) is 7.03. The van der Waals surface area contributed by atoms with Gasteiger partial charge in [-0.3, -0.25) is 0 Å². The van der Waals surface area contributed by atoms with Crippen molar-refractivity contribution in [1.82, 2.24) is 14.9 Å². The van der Waals surface area contributed by atoms with Crippen LogP contribution in [0.4, 0.5) is 0 Å². The van der Waals surface area contributed by atoms with Gasteiger partial charge in [0.25, 0.3) is 0 Å². The highest BCUT2D eigenvalue weighted by Gasteiger charge is 2.46. The number of nitriles is 1. The van der Waals surface area contributed by atoms with Crippen LogP contribution in [0.15, 0.2) is 60.8 Å². The molecule has 39 heavy (non-hydrogen) atoms. The molecule has 4 aromatic rings. The van der Waals surface area contributed by atoms with Crippen molar-refractivity contribution < 1.29 is 24.1 Å². The van der Waals surface area contributed by atoms with Crippen molar-refractivity contribution in [2.24, 2.45) is 0 Å². The summed E-state index contributed by atoms with van der Waals surface area (Å²) in [5.74, 6) is 1.05. The Bertz CT molecular complexity index is 1550.